The lowest BCUT2D eigenvalue weighted by atomic mass is 9.88. The van der Waals surface area contributed by atoms with Gasteiger partial charge in [0.25, 0.3) is 0 Å². The summed E-state index contributed by atoms with van der Waals surface area (Å²) >= 11 is 0. The van der Waals surface area contributed by atoms with Gasteiger partial charge < -0.3 is 19.7 Å². The number of ether oxygens (including phenoxy) is 2. The first-order valence-corrected chi connectivity index (χ1v) is 9.32. The fourth-order valence-electron chi connectivity index (χ4n) is 4.23. The van der Waals surface area contributed by atoms with Crippen molar-refractivity contribution in [2.24, 2.45) is 13.0 Å². The van der Waals surface area contributed by atoms with Crippen molar-refractivity contribution in [2.45, 2.75) is 18.9 Å². The van der Waals surface area contributed by atoms with Crippen molar-refractivity contribution in [3.63, 3.8) is 0 Å². The molecule has 2 aliphatic rings. The predicted octanol–water partition coefficient (Wildman–Crippen LogP) is 1.75. The van der Waals surface area contributed by atoms with Crippen LogP contribution in [0.3, 0.4) is 0 Å². The third-order valence-corrected chi connectivity index (χ3v) is 5.71. The number of amides is 1. The summed E-state index contributed by atoms with van der Waals surface area (Å²) in [6.07, 6.45) is 4.72. The van der Waals surface area contributed by atoms with Crippen LogP contribution in [0.4, 0.5) is 0 Å². The van der Waals surface area contributed by atoms with Crippen LogP contribution in [0.1, 0.15) is 22.6 Å². The molecule has 3 heterocycles. The van der Waals surface area contributed by atoms with Gasteiger partial charge in [-0.1, -0.05) is 0 Å². The third-order valence-electron chi connectivity index (χ3n) is 5.71. The van der Waals surface area contributed by atoms with Crippen LogP contribution in [-0.4, -0.2) is 54.4 Å². The van der Waals surface area contributed by atoms with Gasteiger partial charge in [-0.15, -0.1) is 12.4 Å². The molecule has 1 saturated heterocycles. The van der Waals surface area contributed by atoms with Crippen molar-refractivity contribution >= 4 is 18.3 Å². The molecule has 0 bridgehead atoms. The summed E-state index contributed by atoms with van der Waals surface area (Å²) in [5.41, 5.74) is 3.49. The Bertz CT molecular complexity index is 854. The van der Waals surface area contributed by atoms with E-state index >= 15 is 0 Å². The van der Waals surface area contributed by atoms with Crippen LogP contribution in [0.25, 0.3) is 0 Å². The number of aromatic nitrogens is 2. The molecule has 152 valence electrons. The summed E-state index contributed by atoms with van der Waals surface area (Å²) in [5.74, 6) is 1.80. The lowest BCUT2D eigenvalue weighted by Crippen LogP contribution is -2.41. The fourth-order valence-corrected chi connectivity index (χ4v) is 4.23. The van der Waals surface area contributed by atoms with Crippen LogP contribution in [0.15, 0.2) is 24.5 Å². The average molecular weight is 407 g/mol. The predicted molar refractivity (Wildman–Crippen MR) is 108 cm³/mol. The number of aryl methyl sites for hydroxylation is 1. The largest absolute Gasteiger partial charge is 0.493 e. The highest BCUT2D eigenvalue weighted by Gasteiger charge is 2.38. The van der Waals surface area contributed by atoms with Crippen molar-refractivity contribution in [3.8, 4) is 11.5 Å². The van der Waals surface area contributed by atoms with E-state index in [0.29, 0.717) is 18.8 Å². The minimum absolute atomic E-state index is 0. The second-order valence-electron chi connectivity index (χ2n) is 7.30. The van der Waals surface area contributed by atoms with Gasteiger partial charge in [0.2, 0.25) is 5.91 Å². The molecule has 8 heteroatoms. The highest BCUT2D eigenvalue weighted by atomic mass is 35.5. The lowest BCUT2D eigenvalue weighted by Gasteiger charge is -2.32. The Morgan fingerprint density at radius 1 is 1.18 bits per heavy atom. The Balaban J connectivity index is 0.00000225. The maximum absolute atomic E-state index is 13.3. The molecular formula is C20H27ClN4O3. The molecule has 0 radical (unpaired) electrons. The molecule has 2 aliphatic heterocycles. The zero-order valence-corrected chi connectivity index (χ0v) is 17.3. The fraction of sp³-hybridized carbons (Fsp3) is 0.500. The number of halogens is 1. The number of fused-ring (bicyclic) bond motifs is 1. The molecule has 1 amide bonds. The number of nitrogens with zero attached hydrogens (tertiary/aromatic N) is 3. The Morgan fingerprint density at radius 3 is 2.54 bits per heavy atom. The van der Waals surface area contributed by atoms with Gasteiger partial charge in [-0.25, -0.2) is 0 Å². The topological polar surface area (TPSA) is 68.6 Å². The van der Waals surface area contributed by atoms with Gasteiger partial charge in [-0.3, -0.25) is 9.48 Å². The van der Waals surface area contributed by atoms with E-state index in [9.17, 15) is 4.79 Å². The van der Waals surface area contributed by atoms with Crippen molar-refractivity contribution in [1.82, 2.24) is 20.0 Å². The molecule has 0 spiro atoms. The Labute approximate surface area is 171 Å². The molecule has 1 aromatic heterocycles. The van der Waals surface area contributed by atoms with E-state index in [1.54, 1.807) is 18.9 Å². The van der Waals surface area contributed by atoms with Gasteiger partial charge in [0, 0.05) is 45.3 Å². The van der Waals surface area contributed by atoms with Crippen LogP contribution < -0.4 is 14.8 Å². The number of rotatable bonds is 4. The summed E-state index contributed by atoms with van der Waals surface area (Å²) in [6.45, 7) is 2.88. The van der Waals surface area contributed by atoms with Gasteiger partial charge in [0.15, 0.2) is 11.5 Å². The molecule has 7 nitrogen and oxygen atoms in total. The summed E-state index contributed by atoms with van der Waals surface area (Å²) in [5, 5.41) is 7.65. The van der Waals surface area contributed by atoms with Gasteiger partial charge in [-0.2, -0.15) is 5.10 Å². The SMILES string of the molecule is COc1cc2c(cc1OC)CN(C(=O)[C@H]1CNC[C@@H]1c1cnn(C)c1)CC2.Cl. The molecule has 4 rings (SSSR count). The van der Waals surface area contributed by atoms with Crippen LogP contribution in [0.5, 0.6) is 11.5 Å². The molecule has 1 aromatic carbocycles. The first kappa shape index (κ1) is 20.5. The van der Waals surface area contributed by atoms with Gasteiger partial charge in [0.1, 0.15) is 0 Å². The monoisotopic (exact) mass is 406 g/mol. The van der Waals surface area contributed by atoms with Crippen molar-refractivity contribution in [1.29, 1.82) is 0 Å². The van der Waals surface area contributed by atoms with E-state index in [1.807, 2.05) is 36.5 Å². The Morgan fingerprint density at radius 2 is 1.89 bits per heavy atom. The highest BCUT2D eigenvalue weighted by Crippen LogP contribution is 2.35. The summed E-state index contributed by atoms with van der Waals surface area (Å²) in [6, 6.07) is 4.03. The number of nitrogens with one attached hydrogen (secondary N) is 1. The molecule has 2 atom stereocenters. The van der Waals surface area contributed by atoms with Crippen molar-refractivity contribution in [2.75, 3.05) is 33.9 Å². The quantitative estimate of drug-likeness (QED) is 0.837. The van der Waals surface area contributed by atoms with Gasteiger partial charge in [0.05, 0.1) is 26.3 Å². The van der Waals surface area contributed by atoms with Crippen molar-refractivity contribution < 1.29 is 14.3 Å². The van der Waals surface area contributed by atoms with Crippen LogP contribution in [-0.2, 0) is 24.8 Å². The highest BCUT2D eigenvalue weighted by molar-refractivity contribution is 5.85. The number of benzene rings is 1. The maximum Gasteiger partial charge on any atom is 0.227 e. The van der Waals surface area contributed by atoms with Crippen LogP contribution >= 0.6 is 12.4 Å². The van der Waals surface area contributed by atoms with E-state index in [0.717, 1.165) is 36.4 Å². The Hall–Kier alpha value is -2.25. The number of carbonyl (C=O) groups is 1. The first-order valence-electron chi connectivity index (χ1n) is 9.32. The van der Waals surface area contributed by atoms with Gasteiger partial charge in [-0.05, 0) is 35.2 Å². The first-order chi connectivity index (χ1) is 13.1. The lowest BCUT2D eigenvalue weighted by molar-refractivity contribution is -0.136. The summed E-state index contributed by atoms with van der Waals surface area (Å²) in [4.78, 5) is 15.3. The molecule has 2 aromatic rings. The van der Waals surface area contributed by atoms with Crippen LogP contribution in [0, 0.1) is 5.92 Å². The van der Waals surface area contributed by atoms with Crippen LogP contribution in [0.2, 0.25) is 0 Å². The molecule has 0 unspecified atom stereocenters. The number of hydrogen-bond acceptors (Lipinski definition) is 5. The summed E-state index contributed by atoms with van der Waals surface area (Å²) in [7, 11) is 5.19. The number of carbonyl (C=O) groups excluding carboxylic acids is 1. The standard InChI is InChI=1S/C20H26N4O3.ClH/c1-23-11-15(8-22-23)16-9-21-10-17(16)20(25)24-5-4-13-6-18(26-2)19(27-3)7-14(13)12-24;/h6-8,11,16-17,21H,4-5,9-10,12H2,1-3H3;1H/t16-,17+;/m1./s1. The minimum Gasteiger partial charge on any atom is -0.493 e. The molecule has 1 fully saturated rings. The second-order valence-corrected chi connectivity index (χ2v) is 7.30. The smallest absolute Gasteiger partial charge is 0.227 e. The maximum atomic E-state index is 13.3. The zero-order chi connectivity index (χ0) is 19.0. The summed E-state index contributed by atoms with van der Waals surface area (Å²) < 4.78 is 12.6. The van der Waals surface area contributed by atoms with E-state index in [2.05, 4.69) is 10.4 Å². The number of methoxy groups -OCH3 is 2. The average Bonchev–Trinajstić information content (AvgIpc) is 3.34. The van der Waals surface area contributed by atoms with E-state index < -0.39 is 0 Å². The van der Waals surface area contributed by atoms with Gasteiger partial charge >= 0.3 is 0 Å². The second kappa shape index (κ2) is 8.41. The van der Waals surface area contributed by atoms with Crippen molar-refractivity contribution in [3.05, 3.63) is 41.2 Å². The molecule has 1 N–H and O–H groups in total. The van der Waals surface area contributed by atoms with E-state index in [4.69, 9.17) is 9.47 Å². The molecule has 0 aliphatic carbocycles. The molecular weight excluding hydrogens is 380 g/mol. The third kappa shape index (κ3) is 3.69. The minimum atomic E-state index is -0.0455. The van der Waals surface area contributed by atoms with E-state index in [-0.39, 0.29) is 30.2 Å². The Kier molecular flexibility index (Phi) is 6.15. The number of hydrogen-bond donors (Lipinski definition) is 1. The normalized spacial score (nSPS) is 21.0. The zero-order valence-electron chi connectivity index (χ0n) is 16.5. The molecule has 28 heavy (non-hydrogen) atoms. The van der Waals surface area contributed by atoms with E-state index in [1.165, 1.54) is 5.56 Å². The molecule has 0 saturated carbocycles.